The number of carbonyl (C=O) groups excluding carboxylic acids is 3. The van der Waals surface area contributed by atoms with E-state index in [1.807, 2.05) is 6.92 Å². The van der Waals surface area contributed by atoms with Gasteiger partial charge in [-0.1, -0.05) is 50.1 Å². The molecule has 0 spiro atoms. The summed E-state index contributed by atoms with van der Waals surface area (Å²) in [6.45, 7) is 4.75. The summed E-state index contributed by atoms with van der Waals surface area (Å²) < 4.78 is 91.3. The SMILES string of the molecule is CCC[C@H](OC1C(OC(=O)c2ccccc2)[C@H](O[C@@H]2CC(C(=O)NCCO[C@H]3OC(CO)[C@@H](O)C(n4cc(-c5cc(F)c(F)c(F)c5)nn4)C3O)CC(CC)C2O[C@@H]2OC(C)[C@@H](O)C(O)C2O)OC(O)[C@@H]1O)C(=O)N1CCC1. The first kappa shape index (κ1) is 59.3. The monoisotopic (exact) mass is 1110 g/mol. The molecule has 27 heteroatoms. The van der Waals surface area contributed by atoms with E-state index in [0.717, 1.165) is 17.3 Å². The van der Waals surface area contributed by atoms with Crippen LogP contribution in [0.15, 0.2) is 48.7 Å². The molecule has 2 aromatic carbocycles. The summed E-state index contributed by atoms with van der Waals surface area (Å²) in [7, 11) is 0. The van der Waals surface area contributed by atoms with Crippen LogP contribution in [0, 0.1) is 29.3 Å². The van der Waals surface area contributed by atoms with Crippen LogP contribution in [0.4, 0.5) is 13.2 Å². The van der Waals surface area contributed by atoms with E-state index < -0.39 is 158 Å². The molecule has 9 N–H and O–H groups in total. The van der Waals surface area contributed by atoms with Crippen LogP contribution in [0.25, 0.3) is 11.3 Å². The third-order valence-corrected chi connectivity index (χ3v) is 14.9. The van der Waals surface area contributed by atoms with Crippen LogP contribution in [0.1, 0.15) is 75.7 Å². The molecule has 2 amide bonds. The average molecular weight is 1110 g/mol. The minimum atomic E-state index is -2.04. The maximum atomic E-state index is 14.2. The first-order chi connectivity index (χ1) is 37.3. The Hall–Kier alpha value is -4.82. The van der Waals surface area contributed by atoms with Gasteiger partial charge in [0.15, 0.2) is 42.4 Å². The largest absolute Gasteiger partial charge is 0.450 e. The van der Waals surface area contributed by atoms with Gasteiger partial charge in [-0.05, 0) is 62.8 Å². The second kappa shape index (κ2) is 26.2. The number of benzene rings is 2. The van der Waals surface area contributed by atoms with Gasteiger partial charge in [-0.25, -0.2) is 22.6 Å². The molecule has 4 aliphatic heterocycles. The van der Waals surface area contributed by atoms with E-state index in [4.69, 9.17) is 37.9 Å². The average Bonchev–Trinajstić information content (AvgIpc) is 3.91. The van der Waals surface area contributed by atoms with Crippen molar-refractivity contribution in [3.63, 3.8) is 0 Å². The number of ether oxygens (including phenoxy) is 8. The summed E-state index contributed by atoms with van der Waals surface area (Å²) >= 11 is 0. The van der Waals surface area contributed by atoms with Crippen molar-refractivity contribution in [2.45, 2.75) is 170 Å². The van der Waals surface area contributed by atoms with E-state index in [2.05, 4.69) is 15.6 Å². The lowest BCUT2D eigenvalue weighted by Gasteiger charge is -2.48. The van der Waals surface area contributed by atoms with Gasteiger partial charge in [0.2, 0.25) is 12.2 Å². The number of carbonyl (C=O) groups is 3. The Morgan fingerprint density at radius 3 is 2.19 bits per heavy atom. The molecule has 24 nitrogen and oxygen atoms in total. The number of hydrogen-bond donors (Lipinski definition) is 9. The van der Waals surface area contributed by atoms with Crippen molar-refractivity contribution in [2.75, 3.05) is 32.8 Å². The highest BCUT2D eigenvalue weighted by molar-refractivity contribution is 5.89. The number of likely N-dealkylation sites (tertiary alicyclic amines) is 1. The van der Waals surface area contributed by atoms with Gasteiger partial charge in [-0.3, -0.25) is 9.59 Å². The number of hydrogen-bond acceptors (Lipinski definition) is 21. The number of halogens is 3. The third-order valence-electron chi connectivity index (χ3n) is 14.9. The number of nitrogens with zero attached hydrogens (tertiary/aromatic N) is 4. The van der Waals surface area contributed by atoms with Crippen LogP contribution >= 0.6 is 0 Å². The molecule has 20 atom stereocenters. The smallest absolute Gasteiger partial charge is 0.338 e. The van der Waals surface area contributed by atoms with Gasteiger partial charge in [0.25, 0.3) is 5.91 Å². The van der Waals surface area contributed by atoms with Crippen LogP contribution < -0.4 is 5.32 Å². The highest BCUT2D eigenvalue weighted by Gasteiger charge is 2.54. The summed E-state index contributed by atoms with van der Waals surface area (Å²) in [6, 6.07) is 7.77. The Bertz CT molecular complexity index is 2460. The highest BCUT2D eigenvalue weighted by Crippen LogP contribution is 2.41. The van der Waals surface area contributed by atoms with E-state index >= 15 is 0 Å². The first-order valence-corrected chi connectivity index (χ1v) is 26.1. The summed E-state index contributed by atoms with van der Waals surface area (Å²) in [5.74, 6) is -8.00. The lowest BCUT2D eigenvalue weighted by molar-refractivity contribution is -0.370. The molecule has 5 heterocycles. The second-order valence-corrected chi connectivity index (χ2v) is 20.2. The summed E-state index contributed by atoms with van der Waals surface area (Å²) in [4.78, 5) is 43.4. The third kappa shape index (κ3) is 13.0. The van der Waals surface area contributed by atoms with Gasteiger partial charge < -0.3 is 89.0 Å². The van der Waals surface area contributed by atoms with Crippen molar-refractivity contribution in [2.24, 2.45) is 11.8 Å². The van der Waals surface area contributed by atoms with Crippen molar-refractivity contribution in [1.29, 1.82) is 0 Å². The fourth-order valence-electron chi connectivity index (χ4n) is 10.4. The normalized spacial score (nSPS) is 35.6. The number of rotatable bonds is 20. The molecule has 0 radical (unpaired) electrons. The molecule has 5 aliphatic rings. The van der Waals surface area contributed by atoms with Crippen LogP contribution in [-0.4, -0.2) is 216 Å². The summed E-state index contributed by atoms with van der Waals surface area (Å²) in [5, 5.41) is 98.2. The van der Waals surface area contributed by atoms with Crippen molar-refractivity contribution in [3.8, 4) is 11.3 Å². The Kier molecular flexibility index (Phi) is 19.9. The predicted octanol–water partition coefficient (Wildman–Crippen LogP) is -0.443. The van der Waals surface area contributed by atoms with Crippen molar-refractivity contribution < 1.29 is 106 Å². The molecule has 8 rings (SSSR count). The standard InChI is InChI=1S/C51H68F3N5O19/c1-4-10-31(46(68)58-14-9-15-58)73-43-41(66)48(70)78-51(44(43)76-47(69)25-11-7-6-8-12-25)74-32-20-27(17-24(5-2)42(32)77-50-40(65)39(64)36(61)23(3)72-50)45(67)55-13-16-71-49-38(63)35(37(62)33(22-60)75-49)59-21-30(56-57-59)26-18-28(52)34(54)29(53)19-26/h6-8,11-12,18-19,21,23-24,27,31-33,35-44,48-51,60-66,70H,4-5,9-10,13-17,20,22H2,1-3H3,(H,55,67)/t23?,24?,27?,31-,32+,33?,35?,36+,37+,38?,39?,40?,41+,42?,43?,44?,48?,49-,50-,51+/m0/s1. The molecular formula is C51H68F3N5O19. The number of nitrogens with one attached hydrogen (secondary N) is 1. The van der Waals surface area contributed by atoms with Gasteiger partial charge in [-0.2, -0.15) is 0 Å². The van der Waals surface area contributed by atoms with Crippen LogP contribution in [-0.2, 0) is 47.5 Å². The van der Waals surface area contributed by atoms with E-state index in [-0.39, 0.29) is 55.1 Å². The Labute approximate surface area is 445 Å². The number of aliphatic hydroxyl groups excluding tert-OH is 8. The van der Waals surface area contributed by atoms with Gasteiger partial charge >= 0.3 is 5.97 Å². The van der Waals surface area contributed by atoms with Gasteiger partial charge in [-0.15, -0.1) is 5.10 Å². The molecule has 432 valence electrons. The quantitative estimate of drug-likeness (QED) is 0.0393. The number of aliphatic hydroxyl groups is 8. The topological polar surface area (TPSA) is 333 Å². The Morgan fingerprint density at radius 2 is 1.54 bits per heavy atom. The maximum Gasteiger partial charge on any atom is 0.338 e. The fourth-order valence-corrected chi connectivity index (χ4v) is 10.4. The second-order valence-electron chi connectivity index (χ2n) is 20.2. The molecule has 12 unspecified atom stereocenters. The van der Waals surface area contributed by atoms with Gasteiger partial charge in [0.05, 0.1) is 43.3 Å². The van der Waals surface area contributed by atoms with Crippen LogP contribution in [0.3, 0.4) is 0 Å². The fraction of sp³-hybridized carbons (Fsp3) is 0.667. The molecule has 5 fully saturated rings. The number of amides is 2. The first-order valence-electron chi connectivity index (χ1n) is 26.1. The van der Waals surface area contributed by atoms with Crippen molar-refractivity contribution in [3.05, 3.63) is 71.7 Å². The van der Waals surface area contributed by atoms with E-state index in [9.17, 15) is 68.4 Å². The molecule has 1 saturated carbocycles. The minimum Gasteiger partial charge on any atom is -0.450 e. The number of esters is 1. The molecule has 4 saturated heterocycles. The maximum absolute atomic E-state index is 14.2. The lowest BCUT2D eigenvalue weighted by Crippen LogP contribution is -2.64. The zero-order valence-electron chi connectivity index (χ0n) is 42.9. The van der Waals surface area contributed by atoms with E-state index in [1.165, 1.54) is 19.1 Å². The van der Waals surface area contributed by atoms with E-state index in [0.29, 0.717) is 38.1 Å². The summed E-state index contributed by atoms with van der Waals surface area (Å²) in [6.07, 6.45) is -23.5. The van der Waals surface area contributed by atoms with Crippen LogP contribution in [0.2, 0.25) is 0 Å². The molecule has 78 heavy (non-hydrogen) atoms. The zero-order valence-corrected chi connectivity index (χ0v) is 42.9. The van der Waals surface area contributed by atoms with Gasteiger partial charge in [0.1, 0.15) is 66.7 Å². The highest BCUT2D eigenvalue weighted by atomic mass is 19.2. The van der Waals surface area contributed by atoms with Gasteiger partial charge in [0, 0.05) is 31.1 Å². The molecule has 1 aromatic heterocycles. The predicted molar refractivity (Wildman–Crippen MR) is 257 cm³/mol. The summed E-state index contributed by atoms with van der Waals surface area (Å²) in [5.41, 5.74) is -0.265. The van der Waals surface area contributed by atoms with Crippen molar-refractivity contribution in [1.82, 2.24) is 25.2 Å². The molecular weight excluding hydrogens is 1040 g/mol. The van der Waals surface area contributed by atoms with Crippen molar-refractivity contribution >= 4 is 17.8 Å². The molecule has 0 bridgehead atoms. The zero-order chi connectivity index (χ0) is 56.1. The minimum absolute atomic E-state index is 0.0846. The lowest BCUT2D eigenvalue weighted by atomic mass is 9.75. The van der Waals surface area contributed by atoms with E-state index in [1.54, 1.807) is 30.0 Å². The molecule has 3 aromatic rings. The Balaban J connectivity index is 1.01. The van der Waals surface area contributed by atoms with Crippen LogP contribution in [0.5, 0.6) is 0 Å². The molecule has 1 aliphatic carbocycles. The Morgan fingerprint density at radius 1 is 0.821 bits per heavy atom. The number of aromatic nitrogens is 3.